The number of aldehydes is 1. The fourth-order valence-corrected chi connectivity index (χ4v) is 2.81. The molecule has 3 rings (SSSR count). The predicted octanol–water partition coefficient (Wildman–Crippen LogP) is 2.12. The summed E-state index contributed by atoms with van der Waals surface area (Å²) < 4.78 is 3.19. The molecule has 21 heavy (non-hydrogen) atoms. The van der Waals surface area contributed by atoms with Crippen molar-refractivity contribution in [3.63, 3.8) is 0 Å². The maximum absolute atomic E-state index is 11.3. The third-order valence-electron chi connectivity index (χ3n) is 3.88. The molecule has 0 aliphatic heterocycles. The van der Waals surface area contributed by atoms with Gasteiger partial charge in [0.2, 0.25) is 0 Å². The lowest BCUT2D eigenvalue weighted by atomic mass is 10.2. The number of aromatic nitrogens is 4. The van der Waals surface area contributed by atoms with Crippen LogP contribution in [-0.2, 0) is 7.05 Å². The van der Waals surface area contributed by atoms with Crippen molar-refractivity contribution >= 4 is 12.1 Å². The van der Waals surface area contributed by atoms with Gasteiger partial charge in [0, 0.05) is 6.20 Å². The number of rotatable bonds is 4. The van der Waals surface area contributed by atoms with Crippen LogP contribution in [0.4, 0.5) is 5.82 Å². The molecule has 0 spiro atoms. The highest BCUT2D eigenvalue weighted by Crippen LogP contribution is 2.31. The molecule has 0 amide bonds. The van der Waals surface area contributed by atoms with Crippen molar-refractivity contribution in [3.05, 3.63) is 27.9 Å². The second-order valence-electron chi connectivity index (χ2n) is 5.24. The monoisotopic (exact) mass is 289 g/mol. The van der Waals surface area contributed by atoms with Crippen LogP contribution in [-0.4, -0.2) is 30.8 Å². The zero-order valence-corrected chi connectivity index (χ0v) is 11.6. The Labute approximate surface area is 120 Å². The minimum atomic E-state index is -0.557. The summed E-state index contributed by atoms with van der Waals surface area (Å²) in [6.45, 7) is 0. The highest BCUT2D eigenvalue weighted by molar-refractivity contribution is 5.84. The fraction of sp³-hybridized carbons (Fsp3) is 0.462. The standard InChI is InChI=1S/C13H15N5O3/c1-16-11(6-12(14-16)18(20)21)13-9(8-19)7-17(15-13)10-4-2-3-5-10/h6-8,10H,2-5H2,1H3. The fourth-order valence-electron chi connectivity index (χ4n) is 2.81. The summed E-state index contributed by atoms with van der Waals surface area (Å²) in [6.07, 6.45) is 6.86. The smallest absolute Gasteiger partial charge is 0.358 e. The van der Waals surface area contributed by atoms with Crippen molar-refractivity contribution in [1.82, 2.24) is 19.6 Å². The topological polar surface area (TPSA) is 95.8 Å². The van der Waals surface area contributed by atoms with Crippen molar-refractivity contribution in [3.8, 4) is 11.4 Å². The molecule has 0 aromatic carbocycles. The van der Waals surface area contributed by atoms with Crippen molar-refractivity contribution in [2.24, 2.45) is 7.05 Å². The first kappa shape index (κ1) is 13.5. The molecule has 0 N–H and O–H groups in total. The number of nitrogens with zero attached hydrogens (tertiary/aromatic N) is 5. The summed E-state index contributed by atoms with van der Waals surface area (Å²) in [6, 6.07) is 1.65. The van der Waals surface area contributed by atoms with Crippen LogP contribution in [0.5, 0.6) is 0 Å². The van der Waals surface area contributed by atoms with Crippen LogP contribution < -0.4 is 0 Å². The Hall–Kier alpha value is -2.51. The van der Waals surface area contributed by atoms with E-state index in [1.54, 1.807) is 13.2 Å². The lowest BCUT2D eigenvalue weighted by Crippen LogP contribution is -2.05. The average molecular weight is 289 g/mol. The largest absolute Gasteiger partial charge is 0.390 e. The van der Waals surface area contributed by atoms with E-state index >= 15 is 0 Å². The third-order valence-corrected chi connectivity index (χ3v) is 3.88. The molecule has 1 aliphatic rings. The Kier molecular flexibility index (Phi) is 3.28. The van der Waals surface area contributed by atoms with E-state index in [-0.39, 0.29) is 5.82 Å². The van der Waals surface area contributed by atoms with Crippen LogP contribution in [0.2, 0.25) is 0 Å². The van der Waals surface area contributed by atoms with Gasteiger partial charge in [0.15, 0.2) is 6.29 Å². The SMILES string of the molecule is Cn1nc([N+](=O)[O-])cc1-c1nn(C2CCCC2)cc1C=O. The molecular formula is C13H15N5O3. The summed E-state index contributed by atoms with van der Waals surface area (Å²) in [7, 11) is 1.60. The zero-order valence-electron chi connectivity index (χ0n) is 11.6. The Morgan fingerprint density at radius 1 is 1.38 bits per heavy atom. The minimum absolute atomic E-state index is 0.250. The number of hydrogen-bond donors (Lipinski definition) is 0. The molecule has 1 saturated carbocycles. The van der Waals surface area contributed by atoms with Crippen molar-refractivity contribution in [1.29, 1.82) is 0 Å². The van der Waals surface area contributed by atoms with E-state index in [4.69, 9.17) is 0 Å². The summed E-state index contributed by atoms with van der Waals surface area (Å²) in [4.78, 5) is 21.5. The maximum atomic E-state index is 11.3. The van der Waals surface area contributed by atoms with E-state index in [9.17, 15) is 14.9 Å². The zero-order chi connectivity index (χ0) is 15.0. The predicted molar refractivity (Wildman–Crippen MR) is 74.0 cm³/mol. The van der Waals surface area contributed by atoms with Crippen molar-refractivity contribution < 1.29 is 9.72 Å². The van der Waals surface area contributed by atoms with Gasteiger partial charge in [0.1, 0.15) is 11.4 Å². The van der Waals surface area contributed by atoms with Gasteiger partial charge in [0.25, 0.3) is 0 Å². The Morgan fingerprint density at radius 2 is 2.10 bits per heavy atom. The van der Waals surface area contributed by atoms with Gasteiger partial charge in [-0.25, -0.2) is 0 Å². The van der Waals surface area contributed by atoms with E-state index < -0.39 is 4.92 Å². The van der Waals surface area contributed by atoms with Crippen LogP contribution in [0.3, 0.4) is 0 Å². The normalized spacial score (nSPS) is 15.5. The summed E-state index contributed by atoms with van der Waals surface area (Å²) >= 11 is 0. The highest BCUT2D eigenvalue weighted by Gasteiger charge is 2.24. The second kappa shape index (κ2) is 5.12. The molecule has 0 unspecified atom stereocenters. The van der Waals surface area contributed by atoms with E-state index in [0.717, 1.165) is 32.0 Å². The molecule has 2 aromatic rings. The van der Waals surface area contributed by atoms with E-state index in [0.29, 0.717) is 23.0 Å². The quantitative estimate of drug-likeness (QED) is 0.488. The molecule has 8 heteroatoms. The average Bonchev–Trinajstić information content (AvgIpc) is 3.16. The Morgan fingerprint density at radius 3 is 2.67 bits per heavy atom. The number of carbonyl (C=O) groups is 1. The second-order valence-corrected chi connectivity index (χ2v) is 5.24. The molecule has 0 bridgehead atoms. The Bertz CT molecular complexity index is 697. The number of aryl methyl sites for hydroxylation is 1. The van der Waals surface area contributed by atoms with Gasteiger partial charge < -0.3 is 10.1 Å². The van der Waals surface area contributed by atoms with Crippen LogP contribution in [0, 0.1) is 10.1 Å². The molecule has 0 saturated heterocycles. The van der Waals surface area contributed by atoms with Gasteiger partial charge >= 0.3 is 5.82 Å². The molecular weight excluding hydrogens is 274 g/mol. The molecule has 2 heterocycles. The minimum Gasteiger partial charge on any atom is -0.358 e. The number of nitro groups is 1. The highest BCUT2D eigenvalue weighted by atomic mass is 16.6. The van der Waals surface area contributed by atoms with Crippen molar-refractivity contribution in [2.75, 3.05) is 0 Å². The summed E-state index contributed by atoms with van der Waals surface area (Å²) in [5, 5.41) is 19.1. The van der Waals surface area contributed by atoms with Gasteiger partial charge in [-0.05, 0) is 17.8 Å². The van der Waals surface area contributed by atoms with E-state index in [1.165, 1.54) is 10.7 Å². The molecule has 8 nitrogen and oxygen atoms in total. The lowest BCUT2D eigenvalue weighted by molar-refractivity contribution is -0.389. The van der Waals surface area contributed by atoms with Crippen LogP contribution in [0.15, 0.2) is 12.3 Å². The van der Waals surface area contributed by atoms with Gasteiger partial charge in [-0.2, -0.15) is 9.78 Å². The molecule has 1 fully saturated rings. The van der Waals surface area contributed by atoms with Gasteiger partial charge in [-0.3, -0.25) is 9.48 Å². The Balaban J connectivity index is 2.04. The first-order chi connectivity index (χ1) is 10.1. The first-order valence-electron chi connectivity index (χ1n) is 6.83. The van der Waals surface area contributed by atoms with Gasteiger partial charge in [-0.1, -0.05) is 12.8 Å². The molecule has 1 aliphatic carbocycles. The molecule has 2 aromatic heterocycles. The van der Waals surface area contributed by atoms with Crippen molar-refractivity contribution in [2.45, 2.75) is 31.7 Å². The molecule has 0 radical (unpaired) electrons. The molecule has 110 valence electrons. The third kappa shape index (κ3) is 2.32. The van der Waals surface area contributed by atoms with Gasteiger partial charge in [-0.15, -0.1) is 0 Å². The maximum Gasteiger partial charge on any atom is 0.390 e. The van der Waals surface area contributed by atoms with Crippen LogP contribution in [0.1, 0.15) is 42.1 Å². The lowest BCUT2D eigenvalue weighted by Gasteiger charge is -2.08. The number of hydrogen-bond acceptors (Lipinski definition) is 5. The first-order valence-corrected chi connectivity index (χ1v) is 6.83. The van der Waals surface area contributed by atoms with Crippen LogP contribution in [0.25, 0.3) is 11.4 Å². The number of carbonyl (C=O) groups excluding carboxylic acids is 1. The molecule has 0 atom stereocenters. The van der Waals surface area contributed by atoms with E-state index in [2.05, 4.69) is 10.2 Å². The summed E-state index contributed by atoms with van der Waals surface area (Å²) in [5.41, 5.74) is 1.35. The summed E-state index contributed by atoms with van der Waals surface area (Å²) in [5.74, 6) is -0.250. The van der Waals surface area contributed by atoms with E-state index in [1.807, 2.05) is 4.68 Å². The van der Waals surface area contributed by atoms with Gasteiger partial charge in [0.05, 0.1) is 29.8 Å². The van der Waals surface area contributed by atoms with Crippen LogP contribution >= 0.6 is 0 Å².